The number of carboxylic acids is 1. The third kappa shape index (κ3) is 19.1. The molecule has 0 atom stereocenters. The average molecular weight is 444 g/mol. The molecule has 0 aliphatic carbocycles. The lowest BCUT2D eigenvalue weighted by molar-refractivity contribution is -0.145. The summed E-state index contributed by atoms with van der Waals surface area (Å²) in [7, 11) is -4.80. The monoisotopic (exact) mass is 444 g/mol. The summed E-state index contributed by atoms with van der Waals surface area (Å²) in [4.78, 5) is 43.9. The second kappa shape index (κ2) is 18.0. The highest BCUT2D eigenvalue weighted by atomic mass is 31.2. The highest BCUT2D eigenvalue weighted by Gasteiger charge is 2.38. The molecule has 170 valence electrons. The number of carboxylic acid groups (broad SMARTS) is 1. The molecule has 0 heterocycles. The summed E-state index contributed by atoms with van der Waals surface area (Å²) in [6.45, 7) is 0.901. The van der Waals surface area contributed by atoms with E-state index < -0.39 is 31.7 Å². The molecule has 0 bridgehead atoms. The van der Waals surface area contributed by atoms with Crippen LogP contribution in [0.5, 0.6) is 0 Å². The Morgan fingerprint density at radius 1 is 0.690 bits per heavy atom. The van der Waals surface area contributed by atoms with Gasteiger partial charge in [-0.25, -0.2) is 0 Å². The first-order valence-electron chi connectivity index (χ1n) is 8.95. The minimum Gasteiger partial charge on any atom is -0.481 e. The van der Waals surface area contributed by atoms with Crippen molar-refractivity contribution in [3.05, 3.63) is 0 Å². The maximum Gasteiger partial charge on any atom is 0.653 e. The van der Waals surface area contributed by atoms with E-state index in [-0.39, 0.29) is 58.3 Å². The predicted octanol–water partition coefficient (Wildman–Crippen LogP) is 0.913. The molecule has 0 saturated heterocycles. The number of carbonyl (C=O) groups is 4. The van der Waals surface area contributed by atoms with Crippen molar-refractivity contribution in [3.8, 4) is 0 Å². The van der Waals surface area contributed by atoms with E-state index in [0.717, 1.165) is 6.42 Å². The van der Waals surface area contributed by atoms with Crippen LogP contribution in [-0.4, -0.2) is 64.1 Å². The van der Waals surface area contributed by atoms with E-state index in [9.17, 15) is 23.7 Å². The van der Waals surface area contributed by atoms with E-state index in [4.69, 9.17) is 20.4 Å². The smallest absolute Gasteiger partial charge is 0.481 e. The summed E-state index contributed by atoms with van der Waals surface area (Å²) in [5, 5.41) is 33.7. The Morgan fingerprint density at radius 3 is 1.17 bits per heavy atom. The number of hydrogen-bond donors (Lipinski definition) is 4. The van der Waals surface area contributed by atoms with Gasteiger partial charge in [0.15, 0.2) is 0 Å². The van der Waals surface area contributed by atoms with Gasteiger partial charge in [-0.15, -0.1) is 0 Å². The van der Waals surface area contributed by atoms with Gasteiger partial charge in [0.25, 0.3) is 0 Å². The third-order valence-electron chi connectivity index (χ3n) is 2.72. The summed E-state index contributed by atoms with van der Waals surface area (Å²) in [6, 6.07) is 0. The highest BCUT2D eigenvalue weighted by molar-refractivity contribution is 7.50. The molecule has 0 rings (SSSR count). The van der Waals surface area contributed by atoms with Crippen molar-refractivity contribution in [2.75, 3.05) is 19.8 Å². The lowest BCUT2D eigenvalue weighted by Gasteiger charge is -2.16. The molecule has 0 fully saturated rings. The van der Waals surface area contributed by atoms with Gasteiger partial charge < -0.3 is 34.0 Å². The van der Waals surface area contributed by atoms with Crippen LogP contribution in [0.4, 0.5) is 0 Å². The first-order chi connectivity index (χ1) is 13.6. The van der Waals surface area contributed by atoms with E-state index in [0.29, 0.717) is 6.42 Å². The molecule has 12 nitrogen and oxygen atoms in total. The Kier molecular flexibility index (Phi) is 18.2. The van der Waals surface area contributed by atoms with Crippen LogP contribution in [0, 0.1) is 0 Å². The van der Waals surface area contributed by atoms with Gasteiger partial charge in [0.1, 0.15) is 0 Å². The summed E-state index contributed by atoms with van der Waals surface area (Å²) >= 11 is 0. The Bertz CT molecular complexity index is 486. The number of aliphatic hydroxyl groups is 3. The SMILES string of the molecule is CCCC(=O)O.O=C(CCCO)OP(=O)(OC(=O)CCCO)OC(=O)CCCO. The standard InChI is InChI=1S/C12H21O10P.C4H8O2/c13-7-1-4-10(16)20-23(19,21-11(17)5-2-8-14)22-12(18)6-3-9-15;1-2-3-4(5)6/h13-15H,1-9H2;2-3H2,1H3,(H,5,6). The molecule has 0 saturated carbocycles. The fraction of sp³-hybridized carbons (Fsp3) is 0.750. The topological polar surface area (TPSA) is 194 Å². The van der Waals surface area contributed by atoms with Crippen molar-refractivity contribution < 1.29 is 57.7 Å². The van der Waals surface area contributed by atoms with E-state index in [2.05, 4.69) is 13.6 Å². The zero-order valence-corrected chi connectivity index (χ0v) is 17.2. The summed E-state index contributed by atoms with van der Waals surface area (Å²) in [6.07, 6.45) is 0.144. The Hall–Kier alpha value is -2.01. The van der Waals surface area contributed by atoms with Crippen molar-refractivity contribution in [3.63, 3.8) is 0 Å². The van der Waals surface area contributed by atoms with Gasteiger partial charge in [-0.1, -0.05) is 6.92 Å². The number of phosphoric acid groups is 1. The second-order valence-electron chi connectivity index (χ2n) is 5.46. The van der Waals surface area contributed by atoms with Crippen LogP contribution in [0.25, 0.3) is 0 Å². The van der Waals surface area contributed by atoms with Gasteiger partial charge in [-0.05, 0) is 25.7 Å². The molecule has 13 heteroatoms. The highest BCUT2D eigenvalue weighted by Crippen LogP contribution is 2.50. The zero-order chi connectivity index (χ0) is 22.7. The van der Waals surface area contributed by atoms with Crippen LogP contribution in [0.1, 0.15) is 58.3 Å². The van der Waals surface area contributed by atoms with Crippen molar-refractivity contribution in [1.82, 2.24) is 0 Å². The largest absolute Gasteiger partial charge is 0.653 e. The van der Waals surface area contributed by atoms with Crippen LogP contribution in [0.2, 0.25) is 0 Å². The first kappa shape index (κ1) is 29.2. The van der Waals surface area contributed by atoms with Crippen LogP contribution in [0.3, 0.4) is 0 Å². The quantitative estimate of drug-likeness (QED) is 0.277. The first-order valence-corrected chi connectivity index (χ1v) is 10.4. The van der Waals surface area contributed by atoms with E-state index in [1.165, 1.54) is 0 Å². The number of hydrogen-bond acceptors (Lipinski definition) is 11. The number of rotatable bonds is 14. The number of phosphoric ester groups is 1. The lowest BCUT2D eigenvalue weighted by Crippen LogP contribution is -2.14. The van der Waals surface area contributed by atoms with Gasteiger partial charge in [0.2, 0.25) is 0 Å². The molecule has 0 aromatic heterocycles. The molecule has 0 unspecified atom stereocenters. The third-order valence-corrected chi connectivity index (χ3v) is 4.00. The minimum atomic E-state index is -4.80. The normalized spacial score (nSPS) is 10.3. The van der Waals surface area contributed by atoms with Gasteiger partial charge in [-0.2, -0.15) is 4.57 Å². The van der Waals surface area contributed by atoms with E-state index in [1.54, 1.807) is 0 Å². The Morgan fingerprint density at radius 2 is 1.00 bits per heavy atom. The summed E-state index contributed by atoms with van der Waals surface area (Å²) in [5.74, 6) is -3.94. The van der Waals surface area contributed by atoms with Gasteiger partial charge in [-0.3, -0.25) is 19.2 Å². The van der Waals surface area contributed by atoms with Crippen molar-refractivity contribution in [1.29, 1.82) is 0 Å². The Balaban J connectivity index is 0. The molecule has 29 heavy (non-hydrogen) atoms. The minimum absolute atomic E-state index is 0.0236. The van der Waals surface area contributed by atoms with Gasteiger partial charge >= 0.3 is 31.7 Å². The fourth-order valence-electron chi connectivity index (χ4n) is 1.45. The second-order valence-corrected chi connectivity index (χ2v) is 6.90. The number of aliphatic hydroxyl groups excluding tert-OH is 3. The van der Waals surface area contributed by atoms with E-state index >= 15 is 0 Å². The zero-order valence-electron chi connectivity index (χ0n) is 16.3. The molecule has 0 amide bonds. The maximum absolute atomic E-state index is 12.2. The van der Waals surface area contributed by atoms with Crippen LogP contribution in [0.15, 0.2) is 0 Å². The molecule has 4 N–H and O–H groups in total. The lowest BCUT2D eigenvalue weighted by atomic mass is 10.3. The van der Waals surface area contributed by atoms with Crippen molar-refractivity contribution in [2.45, 2.75) is 58.3 Å². The fourth-order valence-corrected chi connectivity index (χ4v) is 2.58. The maximum atomic E-state index is 12.2. The number of aliphatic carboxylic acids is 1. The molecular weight excluding hydrogens is 415 g/mol. The molecule has 0 aromatic carbocycles. The van der Waals surface area contributed by atoms with Crippen LogP contribution >= 0.6 is 7.82 Å². The van der Waals surface area contributed by atoms with Crippen LogP contribution in [-0.2, 0) is 37.3 Å². The molecule has 0 aliphatic rings. The summed E-state index contributed by atoms with van der Waals surface area (Å²) in [5.41, 5.74) is 0. The Labute approximate surface area is 168 Å². The van der Waals surface area contributed by atoms with Gasteiger partial charge in [0, 0.05) is 45.5 Å². The molecule has 0 aromatic rings. The molecule has 0 aliphatic heterocycles. The average Bonchev–Trinajstić information content (AvgIpc) is 2.62. The molecule has 0 radical (unpaired) electrons. The van der Waals surface area contributed by atoms with Crippen molar-refractivity contribution in [2.24, 2.45) is 0 Å². The predicted molar refractivity (Wildman–Crippen MR) is 97.4 cm³/mol. The van der Waals surface area contributed by atoms with Crippen molar-refractivity contribution >= 4 is 31.7 Å². The van der Waals surface area contributed by atoms with Crippen LogP contribution < -0.4 is 0 Å². The number of carbonyl (C=O) groups excluding carboxylic acids is 3. The molecule has 0 spiro atoms. The van der Waals surface area contributed by atoms with E-state index in [1.807, 2.05) is 6.92 Å². The van der Waals surface area contributed by atoms with Gasteiger partial charge in [0.05, 0.1) is 0 Å². The summed E-state index contributed by atoms with van der Waals surface area (Å²) < 4.78 is 25.5. The molecular formula is C16H29O12P.